The summed E-state index contributed by atoms with van der Waals surface area (Å²) in [4.78, 5) is 0. The first-order valence-electron chi connectivity index (χ1n) is 7.98. The standard InChI is InChI=1S/C15H26N2O2S/c16-13-15(10-6-1-2-7-11-15)17-20(18,19)12-14-8-4-3-5-9-14/h14,17H,1-12H2. The number of nitriles is 1. The first-order valence-corrected chi connectivity index (χ1v) is 9.63. The predicted octanol–water partition coefficient (Wildman–Crippen LogP) is 3.10. The second kappa shape index (κ2) is 6.91. The molecule has 2 saturated carbocycles. The van der Waals surface area contributed by atoms with Crippen LogP contribution < -0.4 is 4.72 Å². The third-order valence-electron chi connectivity index (χ3n) is 4.70. The third-order valence-corrected chi connectivity index (χ3v) is 6.31. The fourth-order valence-corrected chi connectivity index (χ4v) is 5.45. The van der Waals surface area contributed by atoms with E-state index >= 15 is 0 Å². The van der Waals surface area contributed by atoms with Crippen LogP contribution in [0.3, 0.4) is 0 Å². The fraction of sp³-hybridized carbons (Fsp3) is 0.933. The zero-order valence-corrected chi connectivity index (χ0v) is 13.1. The van der Waals surface area contributed by atoms with Gasteiger partial charge in [0.05, 0.1) is 11.8 Å². The van der Waals surface area contributed by atoms with E-state index in [-0.39, 0.29) is 11.7 Å². The van der Waals surface area contributed by atoms with Crippen molar-refractivity contribution in [2.24, 2.45) is 5.92 Å². The Balaban J connectivity index is 1.99. The van der Waals surface area contributed by atoms with Crippen LogP contribution in [-0.4, -0.2) is 19.7 Å². The molecule has 0 unspecified atom stereocenters. The molecule has 2 rings (SSSR count). The molecule has 0 amide bonds. The summed E-state index contributed by atoms with van der Waals surface area (Å²) >= 11 is 0. The average Bonchev–Trinajstić information content (AvgIpc) is 2.65. The van der Waals surface area contributed by atoms with Crippen LogP contribution in [0.4, 0.5) is 0 Å². The monoisotopic (exact) mass is 298 g/mol. The Labute approximate surface area is 123 Å². The summed E-state index contributed by atoms with van der Waals surface area (Å²) in [6, 6.07) is 2.26. The number of hydrogen-bond donors (Lipinski definition) is 1. The van der Waals surface area contributed by atoms with E-state index in [0.29, 0.717) is 12.8 Å². The summed E-state index contributed by atoms with van der Waals surface area (Å²) in [5.74, 6) is 0.485. The van der Waals surface area contributed by atoms with Crippen molar-refractivity contribution in [3.8, 4) is 6.07 Å². The maximum absolute atomic E-state index is 12.4. The summed E-state index contributed by atoms with van der Waals surface area (Å²) in [6.45, 7) is 0. The Morgan fingerprint density at radius 2 is 1.55 bits per heavy atom. The van der Waals surface area contributed by atoms with Gasteiger partial charge >= 0.3 is 0 Å². The highest BCUT2D eigenvalue weighted by atomic mass is 32.2. The molecule has 2 aliphatic rings. The summed E-state index contributed by atoms with van der Waals surface area (Å²) in [6.07, 6.45) is 11.0. The Hall–Kier alpha value is -0.600. The molecule has 1 N–H and O–H groups in total. The lowest BCUT2D eigenvalue weighted by molar-refractivity contribution is 0.376. The molecule has 5 heteroatoms. The van der Waals surface area contributed by atoms with E-state index in [2.05, 4.69) is 10.8 Å². The Morgan fingerprint density at radius 3 is 2.10 bits per heavy atom. The highest BCUT2D eigenvalue weighted by Gasteiger charge is 2.36. The number of nitrogens with zero attached hydrogens (tertiary/aromatic N) is 1. The van der Waals surface area contributed by atoms with Crippen molar-refractivity contribution < 1.29 is 8.42 Å². The minimum atomic E-state index is -3.34. The molecule has 0 aromatic carbocycles. The quantitative estimate of drug-likeness (QED) is 0.811. The van der Waals surface area contributed by atoms with Gasteiger partial charge in [-0.1, -0.05) is 44.9 Å². The summed E-state index contributed by atoms with van der Waals surface area (Å²) in [7, 11) is -3.34. The van der Waals surface area contributed by atoms with Gasteiger partial charge in [-0.05, 0) is 31.6 Å². The summed E-state index contributed by atoms with van der Waals surface area (Å²) in [5.41, 5.74) is -0.843. The van der Waals surface area contributed by atoms with Gasteiger partial charge in [0.25, 0.3) is 0 Å². The van der Waals surface area contributed by atoms with Crippen LogP contribution >= 0.6 is 0 Å². The van der Waals surface area contributed by atoms with E-state index in [1.54, 1.807) is 0 Å². The minimum Gasteiger partial charge on any atom is -0.212 e. The van der Waals surface area contributed by atoms with Crippen LogP contribution in [0.15, 0.2) is 0 Å². The molecule has 0 aliphatic heterocycles. The maximum Gasteiger partial charge on any atom is 0.213 e. The van der Waals surface area contributed by atoms with E-state index in [1.165, 1.54) is 6.42 Å². The van der Waals surface area contributed by atoms with Crippen molar-refractivity contribution in [3.05, 3.63) is 0 Å². The van der Waals surface area contributed by atoms with Gasteiger partial charge in [-0.2, -0.15) is 9.98 Å². The van der Waals surface area contributed by atoms with Crippen molar-refractivity contribution in [2.45, 2.75) is 76.2 Å². The lowest BCUT2D eigenvalue weighted by Gasteiger charge is -2.28. The van der Waals surface area contributed by atoms with E-state index in [0.717, 1.165) is 51.4 Å². The molecule has 0 spiro atoms. The van der Waals surface area contributed by atoms with Crippen molar-refractivity contribution in [1.82, 2.24) is 4.72 Å². The van der Waals surface area contributed by atoms with E-state index in [1.807, 2.05) is 0 Å². The molecule has 2 aliphatic carbocycles. The number of nitrogens with one attached hydrogen (secondary N) is 1. The second-order valence-corrected chi connectivity index (χ2v) is 8.26. The van der Waals surface area contributed by atoms with Crippen molar-refractivity contribution in [2.75, 3.05) is 5.75 Å². The van der Waals surface area contributed by atoms with E-state index in [9.17, 15) is 13.7 Å². The molecular weight excluding hydrogens is 272 g/mol. The molecule has 114 valence electrons. The number of rotatable bonds is 4. The third kappa shape index (κ3) is 4.46. The van der Waals surface area contributed by atoms with Crippen LogP contribution in [0.5, 0.6) is 0 Å². The second-order valence-electron chi connectivity index (χ2n) is 6.50. The first-order chi connectivity index (χ1) is 9.55. The SMILES string of the molecule is N#CC1(NS(=O)(=O)CC2CCCCC2)CCCCCC1. The topological polar surface area (TPSA) is 70.0 Å². The highest BCUT2D eigenvalue weighted by Crippen LogP contribution is 2.29. The largest absolute Gasteiger partial charge is 0.213 e. The van der Waals surface area contributed by atoms with Crippen molar-refractivity contribution >= 4 is 10.0 Å². The predicted molar refractivity (Wildman–Crippen MR) is 79.5 cm³/mol. The smallest absolute Gasteiger partial charge is 0.212 e. The molecule has 0 radical (unpaired) electrons. The van der Waals surface area contributed by atoms with Crippen LogP contribution in [0, 0.1) is 17.2 Å². The molecule has 4 nitrogen and oxygen atoms in total. The summed E-state index contributed by atoms with van der Waals surface area (Å²) < 4.78 is 27.5. The van der Waals surface area contributed by atoms with Crippen LogP contribution in [0.1, 0.15) is 70.6 Å². The van der Waals surface area contributed by atoms with Gasteiger partial charge in [-0.3, -0.25) is 0 Å². The van der Waals surface area contributed by atoms with E-state index < -0.39 is 15.6 Å². The zero-order chi connectivity index (χ0) is 14.5. The molecule has 0 aromatic heterocycles. The minimum absolute atomic E-state index is 0.205. The van der Waals surface area contributed by atoms with Gasteiger partial charge in [0.1, 0.15) is 5.54 Å². The fourth-order valence-electron chi connectivity index (χ4n) is 3.57. The Bertz CT molecular complexity index is 439. The van der Waals surface area contributed by atoms with Crippen LogP contribution in [0.2, 0.25) is 0 Å². The van der Waals surface area contributed by atoms with Crippen LogP contribution in [0.25, 0.3) is 0 Å². The Morgan fingerprint density at radius 1 is 1.00 bits per heavy atom. The molecule has 0 atom stereocenters. The molecule has 0 saturated heterocycles. The maximum atomic E-state index is 12.4. The molecule has 20 heavy (non-hydrogen) atoms. The molecule has 0 heterocycles. The van der Waals surface area contributed by atoms with Crippen molar-refractivity contribution in [3.63, 3.8) is 0 Å². The van der Waals surface area contributed by atoms with Crippen molar-refractivity contribution in [1.29, 1.82) is 5.26 Å². The lowest BCUT2D eigenvalue weighted by Crippen LogP contribution is -2.48. The van der Waals surface area contributed by atoms with Gasteiger partial charge in [0, 0.05) is 0 Å². The highest BCUT2D eigenvalue weighted by molar-refractivity contribution is 7.89. The molecule has 2 fully saturated rings. The zero-order valence-electron chi connectivity index (χ0n) is 12.2. The normalized spacial score (nSPS) is 24.8. The molecular formula is C15H26N2O2S. The molecule has 0 aromatic rings. The lowest BCUT2D eigenvalue weighted by atomic mass is 9.91. The van der Waals surface area contributed by atoms with Crippen LogP contribution in [-0.2, 0) is 10.0 Å². The first kappa shape index (κ1) is 15.8. The number of hydrogen-bond acceptors (Lipinski definition) is 3. The van der Waals surface area contributed by atoms with E-state index in [4.69, 9.17) is 0 Å². The van der Waals surface area contributed by atoms with Gasteiger partial charge < -0.3 is 0 Å². The van der Waals surface area contributed by atoms with Gasteiger partial charge in [0.2, 0.25) is 10.0 Å². The number of sulfonamides is 1. The molecule has 0 bridgehead atoms. The van der Waals surface area contributed by atoms with Gasteiger partial charge in [-0.15, -0.1) is 0 Å². The summed E-state index contributed by atoms with van der Waals surface area (Å²) in [5, 5.41) is 9.46. The van der Waals surface area contributed by atoms with Gasteiger partial charge in [0.15, 0.2) is 0 Å². The average molecular weight is 298 g/mol. The van der Waals surface area contributed by atoms with Gasteiger partial charge in [-0.25, -0.2) is 8.42 Å². The Kier molecular flexibility index (Phi) is 5.45.